The Balaban J connectivity index is 3.77. The molecule has 76 valence electrons. The molecule has 0 heterocycles. The van der Waals surface area contributed by atoms with Crippen LogP contribution in [0.4, 0.5) is 4.79 Å². The molecule has 0 fully saturated rings. The minimum absolute atomic E-state index is 0.311. The van der Waals surface area contributed by atoms with Crippen LogP contribution in [0.5, 0.6) is 0 Å². The van der Waals surface area contributed by atoms with E-state index in [1.54, 1.807) is 27.7 Å². The lowest BCUT2D eigenvalue weighted by molar-refractivity contribution is 0.0536. The van der Waals surface area contributed by atoms with Crippen molar-refractivity contribution in [3.63, 3.8) is 0 Å². The Hall–Kier alpha value is -1.26. The maximum Gasteiger partial charge on any atom is 0.407 e. The van der Waals surface area contributed by atoms with Crippen LogP contribution in [0.1, 0.15) is 27.7 Å². The molecule has 0 rings (SSSR count). The van der Waals surface area contributed by atoms with Crippen molar-refractivity contribution >= 4 is 11.8 Å². The number of nitrogens with two attached hydrogens (primary N) is 1. The SMILES string of the molecule is C/C(CNC(=O)OC(C)(C)C)=N\N. The number of ether oxygens (including phenoxy) is 1. The quantitative estimate of drug-likeness (QED) is 0.382. The summed E-state index contributed by atoms with van der Waals surface area (Å²) in [6.45, 7) is 7.44. The molecular weight excluding hydrogens is 170 g/mol. The molecule has 0 spiro atoms. The molecule has 0 aromatic heterocycles. The summed E-state index contributed by atoms with van der Waals surface area (Å²) in [5.41, 5.74) is 0.170. The maximum absolute atomic E-state index is 11.0. The van der Waals surface area contributed by atoms with E-state index in [9.17, 15) is 4.79 Å². The predicted molar refractivity (Wildman–Crippen MR) is 51.5 cm³/mol. The topological polar surface area (TPSA) is 76.7 Å². The summed E-state index contributed by atoms with van der Waals surface area (Å²) < 4.78 is 4.99. The number of nitrogens with one attached hydrogen (secondary N) is 1. The number of carbonyl (C=O) groups is 1. The minimum atomic E-state index is -0.474. The number of carbonyl (C=O) groups excluding carboxylic acids is 1. The minimum Gasteiger partial charge on any atom is -0.444 e. The summed E-state index contributed by atoms with van der Waals surface area (Å²) >= 11 is 0. The molecule has 5 nitrogen and oxygen atoms in total. The van der Waals surface area contributed by atoms with E-state index in [0.29, 0.717) is 12.3 Å². The molecule has 13 heavy (non-hydrogen) atoms. The fourth-order valence-electron chi connectivity index (χ4n) is 0.560. The molecule has 0 aliphatic carbocycles. The number of hydrogen-bond acceptors (Lipinski definition) is 4. The van der Waals surface area contributed by atoms with Crippen LogP contribution in [-0.4, -0.2) is 24.0 Å². The molecule has 0 saturated heterocycles. The Morgan fingerprint density at radius 1 is 1.54 bits per heavy atom. The van der Waals surface area contributed by atoms with E-state index in [4.69, 9.17) is 10.6 Å². The van der Waals surface area contributed by atoms with Crippen LogP contribution in [0.25, 0.3) is 0 Å². The maximum atomic E-state index is 11.0. The molecule has 0 unspecified atom stereocenters. The van der Waals surface area contributed by atoms with Crippen molar-refractivity contribution in [2.24, 2.45) is 10.9 Å². The fraction of sp³-hybridized carbons (Fsp3) is 0.750. The Morgan fingerprint density at radius 3 is 2.46 bits per heavy atom. The van der Waals surface area contributed by atoms with Crippen molar-refractivity contribution in [3.8, 4) is 0 Å². The van der Waals surface area contributed by atoms with Gasteiger partial charge in [0.1, 0.15) is 5.60 Å². The first-order valence-electron chi connectivity index (χ1n) is 4.05. The van der Waals surface area contributed by atoms with E-state index < -0.39 is 11.7 Å². The Kier molecular flexibility index (Phi) is 4.23. The second-order valence-corrected chi connectivity index (χ2v) is 3.72. The number of amides is 1. The van der Waals surface area contributed by atoms with Crippen molar-refractivity contribution in [2.45, 2.75) is 33.3 Å². The normalized spacial score (nSPS) is 12.5. The molecule has 1 amide bonds. The lowest BCUT2D eigenvalue weighted by Gasteiger charge is -2.19. The van der Waals surface area contributed by atoms with Crippen LogP contribution in [0.2, 0.25) is 0 Å². The van der Waals surface area contributed by atoms with Gasteiger partial charge in [-0.05, 0) is 27.7 Å². The zero-order valence-corrected chi connectivity index (χ0v) is 8.55. The largest absolute Gasteiger partial charge is 0.444 e. The highest BCUT2D eigenvalue weighted by atomic mass is 16.6. The van der Waals surface area contributed by atoms with E-state index in [0.717, 1.165) is 0 Å². The molecule has 0 radical (unpaired) electrons. The van der Waals surface area contributed by atoms with Gasteiger partial charge in [-0.2, -0.15) is 5.10 Å². The van der Waals surface area contributed by atoms with Crippen molar-refractivity contribution in [1.82, 2.24) is 5.32 Å². The zero-order valence-electron chi connectivity index (χ0n) is 8.55. The number of alkyl carbamates (subject to hydrolysis) is 1. The standard InChI is InChI=1S/C8H17N3O2/c1-6(11-9)5-10-7(12)13-8(2,3)4/h5,9H2,1-4H3,(H,10,12)/b11-6+. The monoisotopic (exact) mass is 187 g/mol. The van der Waals surface area contributed by atoms with Gasteiger partial charge < -0.3 is 15.9 Å². The van der Waals surface area contributed by atoms with Crippen LogP contribution < -0.4 is 11.2 Å². The third-order valence-corrected chi connectivity index (χ3v) is 1.11. The molecule has 0 saturated carbocycles. The van der Waals surface area contributed by atoms with Crippen LogP contribution in [-0.2, 0) is 4.74 Å². The molecule has 0 aliphatic heterocycles. The molecule has 0 atom stereocenters. The zero-order chi connectivity index (χ0) is 10.5. The third-order valence-electron chi connectivity index (χ3n) is 1.11. The van der Waals surface area contributed by atoms with Crippen molar-refractivity contribution in [2.75, 3.05) is 6.54 Å². The van der Waals surface area contributed by atoms with Gasteiger partial charge in [0, 0.05) is 0 Å². The fourth-order valence-corrected chi connectivity index (χ4v) is 0.560. The van der Waals surface area contributed by atoms with Crippen LogP contribution in [0.15, 0.2) is 5.10 Å². The number of rotatable bonds is 2. The van der Waals surface area contributed by atoms with E-state index in [-0.39, 0.29) is 0 Å². The molecule has 3 N–H and O–H groups in total. The first-order chi connectivity index (χ1) is 5.85. The molecule has 0 aliphatic rings. The molecule has 0 bridgehead atoms. The van der Waals surface area contributed by atoms with E-state index >= 15 is 0 Å². The van der Waals surface area contributed by atoms with Crippen LogP contribution >= 0.6 is 0 Å². The summed E-state index contributed by atoms with van der Waals surface area (Å²) in [6, 6.07) is 0. The summed E-state index contributed by atoms with van der Waals surface area (Å²) in [7, 11) is 0. The lowest BCUT2D eigenvalue weighted by atomic mass is 10.2. The second-order valence-electron chi connectivity index (χ2n) is 3.72. The summed E-state index contributed by atoms with van der Waals surface area (Å²) in [5, 5.41) is 5.92. The molecule has 5 heteroatoms. The Bertz CT molecular complexity index is 206. The third kappa shape index (κ3) is 7.11. The van der Waals surface area contributed by atoms with Crippen molar-refractivity contribution in [1.29, 1.82) is 0 Å². The Labute approximate surface area is 78.3 Å². The van der Waals surface area contributed by atoms with Gasteiger partial charge in [-0.1, -0.05) is 0 Å². The molecule has 0 aromatic carbocycles. The van der Waals surface area contributed by atoms with Gasteiger partial charge in [0.2, 0.25) is 0 Å². The highest BCUT2D eigenvalue weighted by Gasteiger charge is 2.15. The smallest absolute Gasteiger partial charge is 0.407 e. The highest BCUT2D eigenvalue weighted by Crippen LogP contribution is 2.05. The van der Waals surface area contributed by atoms with Crippen LogP contribution in [0, 0.1) is 0 Å². The number of nitrogens with zero attached hydrogens (tertiary/aromatic N) is 1. The van der Waals surface area contributed by atoms with Gasteiger partial charge in [-0.3, -0.25) is 0 Å². The van der Waals surface area contributed by atoms with Crippen LogP contribution in [0.3, 0.4) is 0 Å². The molecular formula is C8H17N3O2. The van der Waals surface area contributed by atoms with Gasteiger partial charge in [0.05, 0.1) is 12.3 Å². The molecule has 0 aromatic rings. The average molecular weight is 187 g/mol. The van der Waals surface area contributed by atoms with Gasteiger partial charge in [-0.25, -0.2) is 4.79 Å². The summed E-state index contributed by atoms with van der Waals surface area (Å²) in [4.78, 5) is 11.0. The predicted octanol–water partition coefficient (Wildman–Crippen LogP) is 0.846. The van der Waals surface area contributed by atoms with E-state index in [2.05, 4.69) is 10.4 Å². The van der Waals surface area contributed by atoms with Crippen molar-refractivity contribution in [3.05, 3.63) is 0 Å². The average Bonchev–Trinajstić information content (AvgIpc) is 1.97. The highest BCUT2D eigenvalue weighted by molar-refractivity contribution is 5.86. The van der Waals surface area contributed by atoms with E-state index in [1.165, 1.54) is 0 Å². The number of hydrogen-bond donors (Lipinski definition) is 2. The summed E-state index contributed by atoms with van der Waals surface area (Å²) in [5.74, 6) is 4.98. The van der Waals surface area contributed by atoms with Gasteiger partial charge in [-0.15, -0.1) is 0 Å². The Morgan fingerprint density at radius 2 is 2.08 bits per heavy atom. The van der Waals surface area contributed by atoms with E-state index in [1.807, 2.05) is 0 Å². The first kappa shape index (κ1) is 11.7. The van der Waals surface area contributed by atoms with Gasteiger partial charge in [0.15, 0.2) is 0 Å². The lowest BCUT2D eigenvalue weighted by Crippen LogP contribution is -2.35. The second kappa shape index (κ2) is 4.69. The van der Waals surface area contributed by atoms with Gasteiger partial charge in [0.25, 0.3) is 0 Å². The first-order valence-corrected chi connectivity index (χ1v) is 4.05. The number of hydrazone groups is 1. The van der Waals surface area contributed by atoms with Gasteiger partial charge >= 0.3 is 6.09 Å². The van der Waals surface area contributed by atoms with Crippen molar-refractivity contribution < 1.29 is 9.53 Å². The summed E-state index contributed by atoms with van der Waals surface area (Å²) in [6.07, 6.45) is -0.462.